The van der Waals surface area contributed by atoms with E-state index < -0.39 is 12.1 Å². The van der Waals surface area contributed by atoms with Crippen LogP contribution in [0.2, 0.25) is 0 Å². The van der Waals surface area contributed by atoms with Crippen LogP contribution in [0.1, 0.15) is 26.5 Å². The van der Waals surface area contributed by atoms with Crippen LogP contribution in [-0.4, -0.2) is 38.6 Å². The maximum Gasteiger partial charge on any atom is 0.245 e. The molecule has 0 radical (unpaired) electrons. The molecule has 0 bridgehead atoms. The monoisotopic (exact) mass is 264 g/mol. The van der Waals surface area contributed by atoms with Gasteiger partial charge < -0.3 is 10.2 Å². The smallest absolute Gasteiger partial charge is 0.245 e. The van der Waals surface area contributed by atoms with Crippen molar-refractivity contribution >= 4 is 11.8 Å². The Kier molecular flexibility index (Phi) is 3.59. The van der Waals surface area contributed by atoms with Crippen molar-refractivity contribution in [1.82, 2.24) is 20.0 Å². The maximum absolute atomic E-state index is 12.3. The van der Waals surface area contributed by atoms with E-state index in [1.165, 1.54) is 0 Å². The van der Waals surface area contributed by atoms with Gasteiger partial charge in [-0.1, -0.05) is 13.8 Å². The topological polar surface area (TPSA) is 67.2 Å². The van der Waals surface area contributed by atoms with Crippen LogP contribution in [-0.2, 0) is 23.2 Å². The number of amides is 2. The molecular weight excluding hydrogens is 244 g/mol. The fraction of sp³-hybridized carbons (Fsp3) is 0.615. The largest absolute Gasteiger partial charge is 0.343 e. The van der Waals surface area contributed by atoms with E-state index in [9.17, 15) is 9.59 Å². The van der Waals surface area contributed by atoms with Gasteiger partial charge in [-0.15, -0.1) is 0 Å². The van der Waals surface area contributed by atoms with Gasteiger partial charge in [0.25, 0.3) is 0 Å². The van der Waals surface area contributed by atoms with Crippen molar-refractivity contribution in [2.24, 2.45) is 13.0 Å². The Balaban J connectivity index is 2.25. The van der Waals surface area contributed by atoms with Crippen molar-refractivity contribution in [1.29, 1.82) is 0 Å². The summed E-state index contributed by atoms with van der Waals surface area (Å²) < 4.78 is 1.69. The van der Waals surface area contributed by atoms with E-state index in [2.05, 4.69) is 10.4 Å². The lowest BCUT2D eigenvalue weighted by molar-refractivity contribution is -0.151. The first-order chi connectivity index (χ1) is 8.90. The van der Waals surface area contributed by atoms with Crippen LogP contribution >= 0.6 is 0 Å². The molecule has 1 aliphatic heterocycles. The quantitative estimate of drug-likeness (QED) is 0.853. The minimum atomic E-state index is -0.466. The molecule has 2 heterocycles. The Morgan fingerprint density at radius 3 is 2.63 bits per heavy atom. The number of hydrogen-bond donors (Lipinski definition) is 1. The molecule has 1 N–H and O–H groups in total. The molecule has 6 nitrogen and oxygen atoms in total. The number of carbonyl (C=O) groups is 2. The van der Waals surface area contributed by atoms with E-state index in [0.717, 1.165) is 5.69 Å². The highest BCUT2D eigenvalue weighted by Gasteiger charge is 2.40. The van der Waals surface area contributed by atoms with Crippen molar-refractivity contribution < 1.29 is 9.59 Å². The maximum atomic E-state index is 12.3. The molecule has 0 spiro atoms. The van der Waals surface area contributed by atoms with Crippen LogP contribution in [0.25, 0.3) is 0 Å². The van der Waals surface area contributed by atoms with Gasteiger partial charge in [0, 0.05) is 13.2 Å². The number of rotatable bonds is 3. The molecule has 0 saturated carbocycles. The standard InChI is InChI=1S/C13H20N4O2/c1-8(2)11-12(18)14-9(3)13(19)17(11)7-10-5-6-16(4)15-10/h5-6,8-9,11H,7H2,1-4H3,(H,14,18). The highest BCUT2D eigenvalue weighted by atomic mass is 16.2. The fourth-order valence-corrected chi connectivity index (χ4v) is 2.45. The van der Waals surface area contributed by atoms with Gasteiger partial charge in [-0.2, -0.15) is 5.10 Å². The first-order valence-electron chi connectivity index (χ1n) is 6.49. The highest BCUT2D eigenvalue weighted by Crippen LogP contribution is 2.19. The Labute approximate surface area is 112 Å². The first-order valence-corrected chi connectivity index (χ1v) is 6.49. The van der Waals surface area contributed by atoms with E-state index in [1.54, 1.807) is 16.5 Å². The van der Waals surface area contributed by atoms with Gasteiger partial charge in [0.15, 0.2) is 0 Å². The van der Waals surface area contributed by atoms with Crippen molar-refractivity contribution in [2.75, 3.05) is 0 Å². The van der Waals surface area contributed by atoms with Gasteiger partial charge in [-0.05, 0) is 18.9 Å². The molecular formula is C13H20N4O2. The van der Waals surface area contributed by atoms with Crippen LogP contribution in [0.5, 0.6) is 0 Å². The van der Waals surface area contributed by atoms with Gasteiger partial charge in [0.2, 0.25) is 11.8 Å². The molecule has 2 rings (SSSR count). The zero-order valence-corrected chi connectivity index (χ0v) is 11.8. The van der Waals surface area contributed by atoms with Crippen LogP contribution in [0.4, 0.5) is 0 Å². The Hall–Kier alpha value is -1.85. The molecule has 19 heavy (non-hydrogen) atoms. The third-order valence-corrected chi connectivity index (χ3v) is 3.35. The molecule has 1 fully saturated rings. The third-order valence-electron chi connectivity index (χ3n) is 3.35. The van der Waals surface area contributed by atoms with E-state index in [-0.39, 0.29) is 17.7 Å². The van der Waals surface area contributed by atoms with Crippen molar-refractivity contribution in [3.05, 3.63) is 18.0 Å². The summed E-state index contributed by atoms with van der Waals surface area (Å²) in [5.41, 5.74) is 0.795. The SMILES string of the molecule is CC1NC(=O)C(C(C)C)N(Cc2ccn(C)n2)C1=O. The average Bonchev–Trinajstić information content (AvgIpc) is 2.71. The van der Waals surface area contributed by atoms with Gasteiger partial charge in [-0.25, -0.2) is 0 Å². The molecule has 6 heteroatoms. The van der Waals surface area contributed by atoms with Crippen molar-refractivity contribution in [3.63, 3.8) is 0 Å². The molecule has 104 valence electrons. The lowest BCUT2D eigenvalue weighted by Gasteiger charge is -2.39. The highest BCUT2D eigenvalue weighted by molar-refractivity contribution is 5.96. The minimum Gasteiger partial charge on any atom is -0.343 e. The summed E-state index contributed by atoms with van der Waals surface area (Å²) in [5, 5.41) is 7.00. The molecule has 2 atom stereocenters. The molecule has 0 aromatic carbocycles. The molecule has 1 saturated heterocycles. The van der Waals surface area contributed by atoms with Gasteiger partial charge >= 0.3 is 0 Å². The fourth-order valence-electron chi connectivity index (χ4n) is 2.45. The average molecular weight is 264 g/mol. The molecule has 1 aromatic heterocycles. The van der Waals surface area contributed by atoms with Gasteiger partial charge in [-0.3, -0.25) is 14.3 Å². The summed E-state index contributed by atoms with van der Waals surface area (Å²) in [6.07, 6.45) is 1.83. The van der Waals surface area contributed by atoms with Crippen LogP contribution in [0.3, 0.4) is 0 Å². The summed E-state index contributed by atoms with van der Waals surface area (Å²) in [6.45, 7) is 5.97. The second kappa shape index (κ2) is 5.03. The second-order valence-electron chi connectivity index (χ2n) is 5.37. The number of aromatic nitrogens is 2. The van der Waals surface area contributed by atoms with E-state index in [4.69, 9.17) is 0 Å². The van der Waals surface area contributed by atoms with Gasteiger partial charge in [0.1, 0.15) is 12.1 Å². The molecule has 1 aliphatic rings. The summed E-state index contributed by atoms with van der Waals surface area (Å²) in [4.78, 5) is 26.0. The first kappa shape index (κ1) is 13.6. The number of carbonyl (C=O) groups excluding carboxylic acids is 2. The summed E-state index contributed by atoms with van der Waals surface area (Å²) in [7, 11) is 1.83. The third kappa shape index (κ3) is 2.62. The molecule has 2 unspecified atom stereocenters. The molecule has 2 amide bonds. The normalized spacial score (nSPS) is 23.9. The lowest BCUT2D eigenvalue weighted by atomic mass is 9.97. The number of hydrogen-bond acceptors (Lipinski definition) is 3. The summed E-state index contributed by atoms with van der Waals surface area (Å²) in [6, 6.07) is 0.971. The van der Waals surface area contributed by atoms with E-state index >= 15 is 0 Å². The number of nitrogens with one attached hydrogen (secondary N) is 1. The van der Waals surface area contributed by atoms with E-state index in [1.807, 2.05) is 33.2 Å². The lowest BCUT2D eigenvalue weighted by Crippen LogP contribution is -2.63. The Morgan fingerprint density at radius 2 is 2.11 bits per heavy atom. The number of piperazine rings is 1. The minimum absolute atomic E-state index is 0.0519. The number of nitrogens with zero attached hydrogens (tertiary/aromatic N) is 3. The Morgan fingerprint density at radius 1 is 1.42 bits per heavy atom. The molecule has 0 aliphatic carbocycles. The van der Waals surface area contributed by atoms with Crippen LogP contribution < -0.4 is 5.32 Å². The van der Waals surface area contributed by atoms with Gasteiger partial charge in [0.05, 0.1) is 12.2 Å². The summed E-state index contributed by atoms with van der Waals surface area (Å²) in [5.74, 6) is -0.0675. The Bertz CT molecular complexity index is 495. The second-order valence-corrected chi connectivity index (χ2v) is 5.37. The zero-order valence-electron chi connectivity index (χ0n) is 11.8. The van der Waals surface area contributed by atoms with Crippen molar-refractivity contribution in [2.45, 2.75) is 39.4 Å². The molecule has 1 aromatic rings. The summed E-state index contributed by atoms with van der Waals surface area (Å²) >= 11 is 0. The predicted octanol–water partition coefficient (Wildman–Crippen LogP) is 0.292. The zero-order chi connectivity index (χ0) is 14.2. The van der Waals surface area contributed by atoms with Crippen LogP contribution in [0.15, 0.2) is 12.3 Å². The van der Waals surface area contributed by atoms with Crippen LogP contribution in [0, 0.1) is 5.92 Å². The number of aryl methyl sites for hydroxylation is 1. The van der Waals surface area contributed by atoms with Crippen molar-refractivity contribution in [3.8, 4) is 0 Å². The van der Waals surface area contributed by atoms with E-state index in [0.29, 0.717) is 6.54 Å². The predicted molar refractivity (Wildman–Crippen MR) is 70.0 cm³/mol.